The van der Waals surface area contributed by atoms with E-state index in [4.69, 9.17) is 5.11 Å². The van der Waals surface area contributed by atoms with Crippen molar-refractivity contribution in [1.82, 2.24) is 0 Å². The fourth-order valence-corrected chi connectivity index (χ4v) is 3.04. The number of hydrogen-bond acceptors (Lipinski definition) is 4. The zero-order valence-electron chi connectivity index (χ0n) is 11.1. The molecule has 0 bridgehead atoms. The SMILES string of the molecule is O=C(O)[C@@H]1CSC(/C=C/c2ccc3cc(O)ccc3c2)=N1. The summed E-state index contributed by atoms with van der Waals surface area (Å²) in [5, 5.41) is 21.1. The maximum Gasteiger partial charge on any atom is 0.329 e. The Morgan fingerprint density at radius 3 is 2.71 bits per heavy atom. The van der Waals surface area contributed by atoms with Crippen molar-refractivity contribution < 1.29 is 15.0 Å². The van der Waals surface area contributed by atoms with E-state index in [1.54, 1.807) is 12.1 Å². The van der Waals surface area contributed by atoms with Crippen molar-refractivity contribution in [3.05, 3.63) is 48.0 Å². The number of benzene rings is 2. The highest BCUT2D eigenvalue weighted by atomic mass is 32.2. The molecule has 0 aliphatic carbocycles. The Morgan fingerprint density at radius 2 is 1.95 bits per heavy atom. The van der Waals surface area contributed by atoms with Crippen LogP contribution in [-0.4, -0.2) is 33.0 Å². The number of hydrogen-bond donors (Lipinski definition) is 2. The fourth-order valence-electron chi connectivity index (χ4n) is 2.13. The van der Waals surface area contributed by atoms with Gasteiger partial charge in [-0.25, -0.2) is 4.79 Å². The molecule has 1 aliphatic heterocycles. The van der Waals surface area contributed by atoms with Gasteiger partial charge in [0.1, 0.15) is 5.75 Å². The van der Waals surface area contributed by atoms with Gasteiger partial charge in [0.15, 0.2) is 6.04 Å². The Kier molecular flexibility index (Phi) is 3.66. The van der Waals surface area contributed by atoms with E-state index in [1.165, 1.54) is 11.8 Å². The predicted molar refractivity (Wildman–Crippen MR) is 86.0 cm³/mol. The van der Waals surface area contributed by atoms with E-state index in [0.29, 0.717) is 5.75 Å². The van der Waals surface area contributed by atoms with Gasteiger partial charge in [-0.1, -0.05) is 24.3 Å². The maximum absolute atomic E-state index is 10.8. The van der Waals surface area contributed by atoms with Gasteiger partial charge in [-0.3, -0.25) is 4.99 Å². The zero-order valence-corrected chi connectivity index (χ0v) is 11.9. The van der Waals surface area contributed by atoms with Crippen LogP contribution in [0.15, 0.2) is 47.5 Å². The second-order valence-electron chi connectivity index (χ2n) is 4.76. The topological polar surface area (TPSA) is 69.9 Å². The minimum Gasteiger partial charge on any atom is -0.508 e. The van der Waals surface area contributed by atoms with Crippen LogP contribution < -0.4 is 0 Å². The minimum absolute atomic E-state index is 0.252. The van der Waals surface area contributed by atoms with Crippen molar-refractivity contribution in [2.24, 2.45) is 4.99 Å². The lowest BCUT2D eigenvalue weighted by molar-refractivity contribution is -0.137. The van der Waals surface area contributed by atoms with E-state index in [0.717, 1.165) is 21.4 Å². The second-order valence-corrected chi connectivity index (χ2v) is 5.80. The number of carbonyl (C=O) groups is 1. The first-order valence-corrected chi connectivity index (χ1v) is 7.45. The normalized spacial score (nSPS) is 18.3. The third-order valence-corrected chi connectivity index (χ3v) is 4.24. The molecular formula is C16H13NO3S. The van der Waals surface area contributed by atoms with Gasteiger partial charge in [0.2, 0.25) is 0 Å². The zero-order chi connectivity index (χ0) is 14.8. The van der Waals surface area contributed by atoms with Gasteiger partial charge in [-0.2, -0.15) is 0 Å². The number of phenols is 1. The molecule has 1 atom stereocenters. The molecule has 3 rings (SSSR count). The number of nitrogens with zero attached hydrogens (tertiary/aromatic N) is 1. The Hall–Kier alpha value is -2.27. The highest BCUT2D eigenvalue weighted by Crippen LogP contribution is 2.23. The molecule has 1 heterocycles. The number of carboxylic acid groups (broad SMARTS) is 1. The first kappa shape index (κ1) is 13.7. The third-order valence-electron chi connectivity index (χ3n) is 3.22. The molecule has 106 valence electrons. The molecule has 0 amide bonds. The van der Waals surface area contributed by atoms with Crippen molar-refractivity contribution in [3.63, 3.8) is 0 Å². The molecule has 0 saturated heterocycles. The number of aliphatic carboxylic acids is 1. The highest BCUT2D eigenvalue weighted by molar-refractivity contribution is 8.14. The lowest BCUT2D eigenvalue weighted by atomic mass is 10.1. The van der Waals surface area contributed by atoms with E-state index in [2.05, 4.69) is 4.99 Å². The summed E-state index contributed by atoms with van der Waals surface area (Å²) in [7, 11) is 0. The Labute approximate surface area is 125 Å². The van der Waals surface area contributed by atoms with Crippen molar-refractivity contribution in [2.45, 2.75) is 6.04 Å². The van der Waals surface area contributed by atoms with Crippen molar-refractivity contribution >= 4 is 39.6 Å². The van der Waals surface area contributed by atoms with Crippen LogP contribution >= 0.6 is 11.8 Å². The molecule has 0 spiro atoms. The average Bonchev–Trinajstić information content (AvgIpc) is 2.94. The molecule has 0 unspecified atom stereocenters. The average molecular weight is 299 g/mol. The second kappa shape index (κ2) is 5.61. The summed E-state index contributed by atoms with van der Waals surface area (Å²) >= 11 is 1.45. The Morgan fingerprint density at radius 1 is 1.19 bits per heavy atom. The minimum atomic E-state index is -0.878. The molecule has 21 heavy (non-hydrogen) atoms. The molecule has 2 aromatic rings. The summed E-state index contributed by atoms with van der Waals surface area (Å²) in [4.78, 5) is 15.0. The number of phenolic OH excluding ortho intramolecular Hbond substituents is 1. The largest absolute Gasteiger partial charge is 0.508 e. The molecule has 1 aliphatic rings. The predicted octanol–water partition coefficient (Wildman–Crippen LogP) is 3.16. The fraction of sp³-hybridized carbons (Fsp3) is 0.125. The summed E-state index contributed by atoms with van der Waals surface area (Å²) < 4.78 is 0. The molecule has 0 saturated carbocycles. The maximum atomic E-state index is 10.8. The van der Waals surface area contributed by atoms with E-state index in [1.807, 2.05) is 36.4 Å². The number of aliphatic imine (C=N–C) groups is 1. The number of thioether (sulfide) groups is 1. The lowest BCUT2D eigenvalue weighted by Gasteiger charge is -2.00. The van der Waals surface area contributed by atoms with Crippen LogP contribution in [0.4, 0.5) is 0 Å². The number of aromatic hydroxyl groups is 1. The number of carboxylic acids is 1. The van der Waals surface area contributed by atoms with Crippen LogP contribution in [0.3, 0.4) is 0 Å². The number of fused-ring (bicyclic) bond motifs is 1. The van der Waals surface area contributed by atoms with Crippen LogP contribution in [-0.2, 0) is 4.79 Å². The van der Waals surface area contributed by atoms with Crippen LogP contribution in [0.1, 0.15) is 5.56 Å². The van der Waals surface area contributed by atoms with E-state index in [9.17, 15) is 9.90 Å². The third kappa shape index (κ3) is 3.08. The number of rotatable bonds is 3. The Balaban J connectivity index is 1.82. The molecule has 2 N–H and O–H groups in total. The monoisotopic (exact) mass is 299 g/mol. The van der Waals surface area contributed by atoms with Gasteiger partial charge in [0.25, 0.3) is 0 Å². The van der Waals surface area contributed by atoms with E-state index >= 15 is 0 Å². The van der Waals surface area contributed by atoms with Crippen molar-refractivity contribution in [3.8, 4) is 5.75 Å². The summed E-state index contributed by atoms with van der Waals surface area (Å²) in [6, 6.07) is 10.5. The van der Waals surface area contributed by atoms with Crippen molar-refractivity contribution in [2.75, 3.05) is 5.75 Å². The van der Waals surface area contributed by atoms with Gasteiger partial charge in [-0.05, 0) is 40.6 Å². The smallest absolute Gasteiger partial charge is 0.329 e. The first-order chi connectivity index (χ1) is 10.1. The standard InChI is InChI=1S/C16H13NO3S/c18-13-5-4-11-7-10(1-3-12(11)8-13)2-6-15-17-14(9-21-15)16(19)20/h1-8,14,18H,9H2,(H,19,20)/b6-2+/t14-/m0/s1. The van der Waals surface area contributed by atoms with E-state index in [-0.39, 0.29) is 5.75 Å². The van der Waals surface area contributed by atoms with Crippen LogP contribution in [0.25, 0.3) is 16.8 Å². The summed E-state index contributed by atoms with van der Waals surface area (Å²) in [6.07, 6.45) is 3.76. The van der Waals surface area contributed by atoms with Crippen LogP contribution in [0, 0.1) is 0 Å². The summed E-state index contributed by atoms with van der Waals surface area (Å²) in [5.74, 6) is -0.134. The first-order valence-electron chi connectivity index (χ1n) is 6.46. The van der Waals surface area contributed by atoms with Crippen molar-refractivity contribution in [1.29, 1.82) is 0 Å². The van der Waals surface area contributed by atoms with Gasteiger partial charge >= 0.3 is 5.97 Å². The molecule has 2 aromatic carbocycles. The van der Waals surface area contributed by atoms with Gasteiger partial charge in [0.05, 0.1) is 5.04 Å². The highest BCUT2D eigenvalue weighted by Gasteiger charge is 2.22. The van der Waals surface area contributed by atoms with Gasteiger partial charge < -0.3 is 10.2 Å². The molecule has 0 radical (unpaired) electrons. The Bertz CT molecular complexity index is 767. The molecule has 5 heteroatoms. The van der Waals surface area contributed by atoms with Crippen LogP contribution in [0.5, 0.6) is 5.75 Å². The van der Waals surface area contributed by atoms with E-state index < -0.39 is 12.0 Å². The van der Waals surface area contributed by atoms with Crippen LogP contribution in [0.2, 0.25) is 0 Å². The summed E-state index contributed by atoms with van der Waals surface area (Å²) in [5.41, 5.74) is 1.01. The molecule has 0 fully saturated rings. The molecule has 4 nitrogen and oxygen atoms in total. The molecule has 0 aromatic heterocycles. The van der Waals surface area contributed by atoms with Gasteiger partial charge in [-0.15, -0.1) is 11.8 Å². The summed E-state index contributed by atoms with van der Waals surface area (Å²) in [6.45, 7) is 0. The lowest BCUT2D eigenvalue weighted by Crippen LogP contribution is -2.16. The van der Waals surface area contributed by atoms with Gasteiger partial charge in [0, 0.05) is 5.75 Å². The quantitative estimate of drug-likeness (QED) is 0.913. The molecular weight excluding hydrogens is 286 g/mol.